The molecule has 0 spiro atoms. The molecule has 3 amide bonds. The van der Waals surface area contributed by atoms with Crippen LogP contribution in [0.25, 0.3) is 0 Å². The Balaban J connectivity index is 1.65. The Morgan fingerprint density at radius 3 is 2.31 bits per heavy atom. The van der Waals surface area contributed by atoms with Crippen molar-refractivity contribution in [2.45, 2.75) is 0 Å². The summed E-state index contributed by atoms with van der Waals surface area (Å²) in [6, 6.07) is 11.2. The molecule has 2 aromatic rings. The summed E-state index contributed by atoms with van der Waals surface area (Å²) in [6.07, 6.45) is 0. The third kappa shape index (κ3) is 4.66. The number of ether oxygens (including phenoxy) is 1. The summed E-state index contributed by atoms with van der Waals surface area (Å²) in [7, 11) is 0. The lowest BCUT2D eigenvalue weighted by atomic mass is 10.1. The lowest BCUT2D eigenvalue weighted by molar-refractivity contribution is 0.0303. The van der Waals surface area contributed by atoms with E-state index < -0.39 is 6.03 Å². The topological polar surface area (TPSA) is 70.7 Å². The Kier molecular flexibility index (Phi) is 5.98. The summed E-state index contributed by atoms with van der Waals surface area (Å²) in [5.74, 6) is -0.0816. The van der Waals surface area contributed by atoms with Crippen LogP contribution in [0.15, 0.2) is 42.5 Å². The van der Waals surface area contributed by atoms with Crippen molar-refractivity contribution in [3.8, 4) is 0 Å². The van der Waals surface area contributed by atoms with Gasteiger partial charge in [0.15, 0.2) is 0 Å². The van der Waals surface area contributed by atoms with E-state index in [0.29, 0.717) is 53.3 Å². The SMILES string of the molecule is O=C(Nc1cccc(C(=O)N2CCOCC2)c1)Nc1ccc(Cl)c(Cl)c1. The third-order valence-corrected chi connectivity index (χ3v) is 4.58. The second kappa shape index (κ2) is 8.40. The van der Waals surface area contributed by atoms with Crippen LogP contribution in [-0.4, -0.2) is 43.1 Å². The highest BCUT2D eigenvalue weighted by atomic mass is 35.5. The molecular weight excluding hydrogens is 377 g/mol. The molecule has 26 heavy (non-hydrogen) atoms. The highest BCUT2D eigenvalue weighted by molar-refractivity contribution is 6.42. The molecule has 1 saturated heterocycles. The van der Waals surface area contributed by atoms with Gasteiger partial charge in [0.1, 0.15) is 0 Å². The van der Waals surface area contributed by atoms with Gasteiger partial charge in [-0.3, -0.25) is 4.79 Å². The van der Waals surface area contributed by atoms with Gasteiger partial charge in [0, 0.05) is 30.0 Å². The van der Waals surface area contributed by atoms with E-state index in [4.69, 9.17) is 27.9 Å². The first kappa shape index (κ1) is 18.5. The van der Waals surface area contributed by atoms with E-state index in [0.717, 1.165) is 0 Å². The van der Waals surface area contributed by atoms with Crippen LogP contribution in [0.4, 0.5) is 16.2 Å². The molecule has 136 valence electrons. The quantitative estimate of drug-likeness (QED) is 0.823. The van der Waals surface area contributed by atoms with Crippen LogP contribution in [0, 0.1) is 0 Å². The van der Waals surface area contributed by atoms with Crippen LogP contribution in [-0.2, 0) is 4.74 Å². The number of hydrogen-bond acceptors (Lipinski definition) is 3. The van der Waals surface area contributed by atoms with Gasteiger partial charge in [-0.25, -0.2) is 4.79 Å². The highest BCUT2D eigenvalue weighted by Crippen LogP contribution is 2.25. The molecule has 0 atom stereocenters. The van der Waals surface area contributed by atoms with E-state index >= 15 is 0 Å². The lowest BCUT2D eigenvalue weighted by Crippen LogP contribution is -2.40. The van der Waals surface area contributed by atoms with Crippen molar-refractivity contribution in [3.63, 3.8) is 0 Å². The van der Waals surface area contributed by atoms with Crippen LogP contribution >= 0.6 is 23.2 Å². The van der Waals surface area contributed by atoms with Crippen LogP contribution in [0.3, 0.4) is 0 Å². The minimum absolute atomic E-state index is 0.0816. The zero-order chi connectivity index (χ0) is 18.5. The number of carbonyl (C=O) groups is 2. The van der Waals surface area contributed by atoms with Crippen LogP contribution in [0.2, 0.25) is 10.0 Å². The fourth-order valence-electron chi connectivity index (χ4n) is 2.55. The molecule has 2 aromatic carbocycles. The zero-order valence-electron chi connectivity index (χ0n) is 13.8. The van der Waals surface area contributed by atoms with E-state index in [9.17, 15) is 9.59 Å². The van der Waals surface area contributed by atoms with Gasteiger partial charge < -0.3 is 20.3 Å². The molecule has 3 rings (SSSR count). The number of rotatable bonds is 3. The second-order valence-corrected chi connectivity index (χ2v) is 6.51. The van der Waals surface area contributed by atoms with E-state index in [-0.39, 0.29) is 5.91 Å². The van der Waals surface area contributed by atoms with E-state index in [1.165, 1.54) is 0 Å². The van der Waals surface area contributed by atoms with Gasteiger partial charge in [-0.1, -0.05) is 29.3 Å². The molecule has 1 aliphatic rings. The number of nitrogens with zero attached hydrogens (tertiary/aromatic N) is 1. The molecule has 0 saturated carbocycles. The number of urea groups is 1. The largest absolute Gasteiger partial charge is 0.378 e. The van der Waals surface area contributed by atoms with Gasteiger partial charge in [-0.05, 0) is 36.4 Å². The number of hydrogen-bond donors (Lipinski definition) is 2. The number of benzene rings is 2. The maximum Gasteiger partial charge on any atom is 0.323 e. The summed E-state index contributed by atoms with van der Waals surface area (Å²) in [6.45, 7) is 2.20. The summed E-state index contributed by atoms with van der Waals surface area (Å²) in [5.41, 5.74) is 1.54. The summed E-state index contributed by atoms with van der Waals surface area (Å²) >= 11 is 11.8. The summed E-state index contributed by atoms with van der Waals surface area (Å²) in [4.78, 5) is 26.4. The van der Waals surface area contributed by atoms with Gasteiger partial charge in [-0.15, -0.1) is 0 Å². The van der Waals surface area contributed by atoms with Crippen LogP contribution < -0.4 is 10.6 Å². The fraction of sp³-hybridized carbons (Fsp3) is 0.222. The normalized spacial score (nSPS) is 14.0. The van der Waals surface area contributed by atoms with E-state index in [1.807, 2.05) is 0 Å². The average Bonchev–Trinajstić information content (AvgIpc) is 2.65. The Bertz CT molecular complexity index is 823. The number of halogens is 2. The maximum absolute atomic E-state index is 12.5. The first-order chi connectivity index (χ1) is 12.5. The number of nitrogens with one attached hydrogen (secondary N) is 2. The third-order valence-electron chi connectivity index (χ3n) is 3.84. The first-order valence-electron chi connectivity index (χ1n) is 8.03. The zero-order valence-corrected chi connectivity index (χ0v) is 15.3. The van der Waals surface area contributed by atoms with Gasteiger partial charge in [0.25, 0.3) is 5.91 Å². The van der Waals surface area contributed by atoms with Crippen molar-refractivity contribution >= 4 is 46.5 Å². The van der Waals surface area contributed by atoms with E-state index in [1.54, 1.807) is 47.4 Å². The molecular formula is C18H17Cl2N3O3. The van der Waals surface area contributed by atoms with Gasteiger partial charge >= 0.3 is 6.03 Å². The Morgan fingerprint density at radius 2 is 1.62 bits per heavy atom. The molecule has 0 unspecified atom stereocenters. The molecule has 8 heteroatoms. The van der Waals surface area contributed by atoms with Crippen molar-refractivity contribution < 1.29 is 14.3 Å². The predicted octanol–water partition coefficient (Wildman–Crippen LogP) is 4.11. The smallest absolute Gasteiger partial charge is 0.323 e. The number of anilines is 2. The second-order valence-electron chi connectivity index (χ2n) is 5.69. The van der Waals surface area contributed by atoms with Crippen molar-refractivity contribution in [2.24, 2.45) is 0 Å². The fourth-order valence-corrected chi connectivity index (χ4v) is 2.84. The molecule has 1 aliphatic heterocycles. The minimum atomic E-state index is -0.445. The number of amides is 3. The van der Waals surface area contributed by atoms with Crippen molar-refractivity contribution in [1.29, 1.82) is 0 Å². The van der Waals surface area contributed by atoms with E-state index in [2.05, 4.69) is 10.6 Å². The van der Waals surface area contributed by atoms with Crippen LogP contribution in [0.1, 0.15) is 10.4 Å². The molecule has 6 nitrogen and oxygen atoms in total. The number of morpholine rings is 1. The molecule has 0 aliphatic carbocycles. The summed E-state index contributed by atoms with van der Waals surface area (Å²) < 4.78 is 5.26. The summed E-state index contributed by atoms with van der Waals surface area (Å²) in [5, 5.41) is 6.13. The molecule has 1 fully saturated rings. The Morgan fingerprint density at radius 1 is 0.923 bits per heavy atom. The minimum Gasteiger partial charge on any atom is -0.378 e. The molecule has 1 heterocycles. The van der Waals surface area contributed by atoms with Crippen LogP contribution in [0.5, 0.6) is 0 Å². The molecule has 0 radical (unpaired) electrons. The highest BCUT2D eigenvalue weighted by Gasteiger charge is 2.18. The predicted molar refractivity (Wildman–Crippen MR) is 102 cm³/mol. The van der Waals surface area contributed by atoms with Gasteiger partial charge in [0.2, 0.25) is 0 Å². The first-order valence-corrected chi connectivity index (χ1v) is 8.78. The van der Waals surface area contributed by atoms with Gasteiger partial charge in [0.05, 0.1) is 23.3 Å². The Labute approximate surface area is 161 Å². The average molecular weight is 394 g/mol. The molecule has 2 N–H and O–H groups in total. The monoisotopic (exact) mass is 393 g/mol. The van der Waals surface area contributed by atoms with Crippen molar-refractivity contribution in [3.05, 3.63) is 58.1 Å². The number of carbonyl (C=O) groups excluding carboxylic acids is 2. The lowest BCUT2D eigenvalue weighted by Gasteiger charge is -2.27. The molecule has 0 aromatic heterocycles. The van der Waals surface area contributed by atoms with Crippen molar-refractivity contribution in [2.75, 3.05) is 36.9 Å². The van der Waals surface area contributed by atoms with Gasteiger partial charge in [-0.2, -0.15) is 0 Å². The Hall–Kier alpha value is -2.28. The maximum atomic E-state index is 12.5. The standard InChI is InChI=1S/C18H17Cl2N3O3/c19-15-5-4-14(11-16(15)20)22-18(25)21-13-3-1-2-12(10-13)17(24)23-6-8-26-9-7-23/h1-5,10-11H,6-9H2,(H2,21,22,25). The van der Waals surface area contributed by atoms with Crippen molar-refractivity contribution in [1.82, 2.24) is 4.90 Å². The molecule has 0 bridgehead atoms.